The SMILES string of the molecule is CCn1c2ccccc2c2cc(/C=N/NC(=O)Cn3c(-c4nonc4N)nc4ccccc43)ccc21. The molecule has 0 aliphatic heterocycles. The van der Waals surface area contributed by atoms with E-state index in [-0.39, 0.29) is 24.0 Å². The zero-order valence-corrected chi connectivity index (χ0v) is 19.4. The van der Waals surface area contributed by atoms with E-state index >= 15 is 0 Å². The highest BCUT2D eigenvalue weighted by Gasteiger charge is 2.20. The second-order valence-electron chi connectivity index (χ2n) is 8.34. The van der Waals surface area contributed by atoms with Crippen molar-refractivity contribution >= 4 is 50.8 Å². The summed E-state index contributed by atoms with van der Waals surface area (Å²) in [5, 5.41) is 14.0. The van der Waals surface area contributed by atoms with Gasteiger partial charge in [-0.25, -0.2) is 15.0 Å². The second-order valence-corrected chi connectivity index (χ2v) is 8.34. The summed E-state index contributed by atoms with van der Waals surface area (Å²) in [6, 6.07) is 22.0. The maximum atomic E-state index is 12.8. The van der Waals surface area contributed by atoms with E-state index < -0.39 is 0 Å². The molecule has 0 unspecified atom stereocenters. The monoisotopic (exact) mass is 478 g/mol. The molecule has 0 saturated carbocycles. The zero-order valence-electron chi connectivity index (χ0n) is 19.4. The topological polar surface area (TPSA) is 129 Å². The number of carbonyl (C=O) groups is 1. The average Bonchev–Trinajstić information content (AvgIpc) is 3.57. The highest BCUT2D eigenvalue weighted by Crippen LogP contribution is 2.29. The Bertz CT molecular complexity index is 1780. The van der Waals surface area contributed by atoms with Gasteiger partial charge in [-0.1, -0.05) is 36.4 Å². The van der Waals surface area contributed by atoms with E-state index in [9.17, 15) is 4.79 Å². The van der Waals surface area contributed by atoms with Gasteiger partial charge in [0.05, 0.1) is 17.2 Å². The van der Waals surface area contributed by atoms with Gasteiger partial charge >= 0.3 is 0 Å². The van der Waals surface area contributed by atoms with E-state index in [0.29, 0.717) is 11.3 Å². The van der Waals surface area contributed by atoms with Gasteiger partial charge < -0.3 is 14.9 Å². The minimum atomic E-state index is -0.325. The van der Waals surface area contributed by atoms with Crippen molar-refractivity contribution < 1.29 is 9.42 Å². The average molecular weight is 479 g/mol. The van der Waals surface area contributed by atoms with E-state index in [0.717, 1.165) is 23.0 Å². The van der Waals surface area contributed by atoms with Crippen molar-refractivity contribution in [2.24, 2.45) is 5.10 Å². The lowest BCUT2D eigenvalue weighted by Crippen LogP contribution is -2.23. The van der Waals surface area contributed by atoms with Crippen LogP contribution in [0.3, 0.4) is 0 Å². The number of imidazole rings is 1. The molecular weight excluding hydrogens is 456 g/mol. The van der Waals surface area contributed by atoms with Crippen LogP contribution in [0.25, 0.3) is 44.4 Å². The molecule has 0 radical (unpaired) electrons. The van der Waals surface area contributed by atoms with Crippen LogP contribution in [-0.4, -0.2) is 36.6 Å². The maximum absolute atomic E-state index is 12.8. The Hall–Kier alpha value is -4.99. The molecule has 0 aliphatic rings. The Balaban J connectivity index is 1.26. The predicted molar refractivity (Wildman–Crippen MR) is 138 cm³/mol. The zero-order chi connectivity index (χ0) is 24.6. The molecule has 0 atom stereocenters. The Labute approximate surface area is 205 Å². The minimum absolute atomic E-state index is 0.0392. The lowest BCUT2D eigenvalue weighted by Gasteiger charge is -2.06. The van der Waals surface area contributed by atoms with Crippen molar-refractivity contribution in [3.63, 3.8) is 0 Å². The molecule has 0 bridgehead atoms. The Kier molecular flexibility index (Phi) is 5.18. The van der Waals surface area contributed by atoms with E-state index in [1.165, 1.54) is 16.4 Å². The number of rotatable bonds is 6. The summed E-state index contributed by atoms with van der Waals surface area (Å²) in [5.41, 5.74) is 13.5. The third-order valence-corrected chi connectivity index (χ3v) is 6.20. The lowest BCUT2D eigenvalue weighted by atomic mass is 10.1. The molecule has 178 valence electrons. The third kappa shape index (κ3) is 3.56. The molecule has 3 aromatic carbocycles. The summed E-state index contributed by atoms with van der Waals surface area (Å²) in [5.74, 6) is 0.172. The number of aryl methyl sites for hydroxylation is 1. The van der Waals surface area contributed by atoms with Gasteiger partial charge in [0, 0.05) is 28.4 Å². The first-order valence-corrected chi connectivity index (χ1v) is 11.5. The predicted octanol–water partition coefficient (Wildman–Crippen LogP) is 3.95. The fourth-order valence-corrected chi connectivity index (χ4v) is 4.62. The molecule has 0 aliphatic carbocycles. The third-order valence-electron chi connectivity index (χ3n) is 6.20. The highest BCUT2D eigenvalue weighted by atomic mass is 16.6. The van der Waals surface area contributed by atoms with Crippen molar-refractivity contribution in [1.29, 1.82) is 0 Å². The Morgan fingerprint density at radius 1 is 1.00 bits per heavy atom. The number of nitrogen functional groups attached to an aromatic ring is 1. The largest absolute Gasteiger partial charge is 0.379 e. The number of hydrazone groups is 1. The first-order valence-electron chi connectivity index (χ1n) is 11.5. The van der Waals surface area contributed by atoms with Crippen molar-refractivity contribution in [1.82, 2.24) is 29.9 Å². The van der Waals surface area contributed by atoms with Crippen molar-refractivity contribution in [2.45, 2.75) is 20.0 Å². The summed E-state index contributed by atoms with van der Waals surface area (Å²) < 4.78 is 8.73. The molecule has 36 heavy (non-hydrogen) atoms. The highest BCUT2D eigenvalue weighted by molar-refractivity contribution is 6.09. The molecular formula is C26H22N8O2. The van der Waals surface area contributed by atoms with Crippen LogP contribution in [0.15, 0.2) is 76.5 Å². The first-order chi connectivity index (χ1) is 17.6. The molecule has 6 aromatic rings. The van der Waals surface area contributed by atoms with Crippen molar-refractivity contribution in [3.05, 3.63) is 72.3 Å². The van der Waals surface area contributed by atoms with Crippen LogP contribution < -0.4 is 11.2 Å². The summed E-state index contributed by atoms with van der Waals surface area (Å²) in [6.07, 6.45) is 1.64. The number of nitrogens with two attached hydrogens (primary N) is 1. The number of amides is 1. The van der Waals surface area contributed by atoms with Crippen LogP contribution in [0.5, 0.6) is 0 Å². The standard InChI is InChI=1S/C26H22N8O2/c1-2-33-20-9-5-3-7-17(20)18-13-16(11-12-21(18)33)14-28-30-23(35)15-34-22-10-6-4-8-19(22)29-26(34)24-25(27)32-36-31-24/h3-14H,2,15H2,1H3,(H2,27,32)(H,30,35)/b28-14+. The van der Waals surface area contributed by atoms with E-state index in [1.54, 1.807) is 10.8 Å². The number of benzene rings is 3. The van der Waals surface area contributed by atoms with Gasteiger partial charge in [0.2, 0.25) is 0 Å². The number of aromatic nitrogens is 5. The molecule has 3 aromatic heterocycles. The van der Waals surface area contributed by atoms with Crippen LogP contribution in [0, 0.1) is 0 Å². The maximum Gasteiger partial charge on any atom is 0.260 e. The molecule has 0 fully saturated rings. The number of anilines is 1. The van der Waals surface area contributed by atoms with E-state index in [2.05, 4.69) is 61.6 Å². The molecule has 3 N–H and O–H groups in total. The van der Waals surface area contributed by atoms with Gasteiger partial charge in [0.15, 0.2) is 17.3 Å². The molecule has 6 rings (SSSR count). The van der Waals surface area contributed by atoms with E-state index in [4.69, 9.17) is 10.4 Å². The van der Waals surface area contributed by atoms with Crippen LogP contribution in [0.2, 0.25) is 0 Å². The Morgan fingerprint density at radius 2 is 1.78 bits per heavy atom. The number of para-hydroxylation sites is 3. The number of nitrogens with one attached hydrogen (secondary N) is 1. The summed E-state index contributed by atoms with van der Waals surface area (Å²) in [6.45, 7) is 2.98. The quantitative estimate of drug-likeness (QED) is 0.275. The summed E-state index contributed by atoms with van der Waals surface area (Å²) >= 11 is 0. The number of nitrogens with zero attached hydrogens (tertiary/aromatic N) is 6. The van der Waals surface area contributed by atoms with Crippen LogP contribution in [-0.2, 0) is 17.9 Å². The molecule has 10 nitrogen and oxygen atoms in total. The van der Waals surface area contributed by atoms with Gasteiger partial charge in [-0.15, -0.1) is 0 Å². The smallest absolute Gasteiger partial charge is 0.260 e. The van der Waals surface area contributed by atoms with E-state index in [1.807, 2.05) is 42.5 Å². The van der Waals surface area contributed by atoms with Gasteiger partial charge in [-0.05, 0) is 53.1 Å². The molecule has 0 spiro atoms. The Morgan fingerprint density at radius 3 is 2.58 bits per heavy atom. The molecule has 1 amide bonds. The van der Waals surface area contributed by atoms with Crippen molar-refractivity contribution in [2.75, 3.05) is 5.73 Å². The van der Waals surface area contributed by atoms with Crippen LogP contribution >= 0.6 is 0 Å². The van der Waals surface area contributed by atoms with Crippen LogP contribution in [0.1, 0.15) is 12.5 Å². The first kappa shape index (κ1) is 21.5. The number of hydrogen-bond acceptors (Lipinski definition) is 7. The normalized spacial score (nSPS) is 11.8. The lowest BCUT2D eigenvalue weighted by molar-refractivity contribution is -0.121. The number of hydrogen-bond donors (Lipinski definition) is 2. The van der Waals surface area contributed by atoms with Gasteiger partial charge in [-0.2, -0.15) is 5.10 Å². The fraction of sp³-hybridized carbons (Fsp3) is 0.115. The molecule has 3 heterocycles. The minimum Gasteiger partial charge on any atom is -0.379 e. The van der Waals surface area contributed by atoms with Gasteiger partial charge in [0.1, 0.15) is 6.54 Å². The van der Waals surface area contributed by atoms with Gasteiger partial charge in [0.25, 0.3) is 5.91 Å². The number of fused-ring (bicyclic) bond motifs is 4. The summed E-state index contributed by atoms with van der Waals surface area (Å²) in [7, 11) is 0. The molecule has 0 saturated heterocycles. The van der Waals surface area contributed by atoms with Gasteiger partial charge in [-0.3, -0.25) is 4.79 Å². The summed E-state index contributed by atoms with van der Waals surface area (Å²) in [4.78, 5) is 17.4. The van der Waals surface area contributed by atoms with Crippen LogP contribution in [0.4, 0.5) is 5.82 Å². The fourth-order valence-electron chi connectivity index (χ4n) is 4.62. The number of carbonyl (C=O) groups excluding carboxylic acids is 1. The molecule has 10 heteroatoms. The second kappa shape index (κ2) is 8.66. The van der Waals surface area contributed by atoms with Crippen molar-refractivity contribution in [3.8, 4) is 11.5 Å².